The minimum atomic E-state index is -0.551. The van der Waals surface area contributed by atoms with Crippen LogP contribution < -0.4 is 10.1 Å². The third kappa shape index (κ3) is 3.11. The van der Waals surface area contributed by atoms with Gasteiger partial charge >= 0.3 is 0 Å². The Kier molecular flexibility index (Phi) is 4.42. The first kappa shape index (κ1) is 12.3. The molecular formula is C10H11BrClNO2. The van der Waals surface area contributed by atoms with Crippen LogP contribution in [-0.4, -0.2) is 19.1 Å². The molecule has 0 spiro atoms. The summed E-state index contributed by atoms with van der Waals surface area (Å²) in [5.74, 6) is 0.375. The molecule has 1 unspecified atom stereocenters. The maximum atomic E-state index is 11.2. The SMILES string of the molecule is CNC(=O)C(C)Oc1cccc(Cl)c1Br. The van der Waals surface area contributed by atoms with E-state index in [0.717, 1.165) is 0 Å². The molecule has 0 aliphatic rings. The zero-order chi connectivity index (χ0) is 11.4. The van der Waals surface area contributed by atoms with Crippen molar-refractivity contribution in [2.45, 2.75) is 13.0 Å². The van der Waals surface area contributed by atoms with Crippen LogP contribution in [0.15, 0.2) is 22.7 Å². The lowest BCUT2D eigenvalue weighted by atomic mass is 10.3. The van der Waals surface area contributed by atoms with Crippen LogP contribution in [0.3, 0.4) is 0 Å². The third-order valence-corrected chi connectivity index (χ3v) is 3.20. The monoisotopic (exact) mass is 291 g/mol. The van der Waals surface area contributed by atoms with E-state index in [-0.39, 0.29) is 5.91 Å². The van der Waals surface area contributed by atoms with Crippen LogP contribution in [0.25, 0.3) is 0 Å². The molecule has 1 rings (SSSR count). The van der Waals surface area contributed by atoms with Crippen LogP contribution in [0.2, 0.25) is 5.02 Å². The highest BCUT2D eigenvalue weighted by Crippen LogP contribution is 2.32. The van der Waals surface area contributed by atoms with Crippen LogP contribution in [0.1, 0.15) is 6.92 Å². The van der Waals surface area contributed by atoms with E-state index >= 15 is 0 Å². The third-order valence-electron chi connectivity index (χ3n) is 1.84. The second-order valence-electron chi connectivity index (χ2n) is 2.93. The van der Waals surface area contributed by atoms with E-state index in [1.165, 1.54) is 0 Å². The maximum absolute atomic E-state index is 11.2. The van der Waals surface area contributed by atoms with Gasteiger partial charge in [0.15, 0.2) is 6.10 Å². The van der Waals surface area contributed by atoms with Gasteiger partial charge in [0, 0.05) is 7.05 Å². The maximum Gasteiger partial charge on any atom is 0.260 e. The second-order valence-corrected chi connectivity index (χ2v) is 4.13. The quantitative estimate of drug-likeness (QED) is 0.930. The molecule has 1 aromatic rings. The van der Waals surface area contributed by atoms with Gasteiger partial charge in [-0.25, -0.2) is 0 Å². The fourth-order valence-corrected chi connectivity index (χ4v) is 1.55. The number of ether oxygens (including phenoxy) is 1. The molecule has 0 saturated heterocycles. The molecule has 1 N–H and O–H groups in total. The van der Waals surface area contributed by atoms with E-state index in [0.29, 0.717) is 15.2 Å². The number of carbonyl (C=O) groups is 1. The Balaban J connectivity index is 2.81. The molecule has 15 heavy (non-hydrogen) atoms. The summed E-state index contributed by atoms with van der Waals surface area (Å²) in [7, 11) is 1.56. The van der Waals surface area contributed by atoms with Gasteiger partial charge < -0.3 is 10.1 Å². The predicted molar refractivity (Wildman–Crippen MR) is 63.3 cm³/mol. The number of carbonyl (C=O) groups excluding carboxylic acids is 1. The summed E-state index contributed by atoms with van der Waals surface area (Å²) >= 11 is 9.17. The first-order valence-corrected chi connectivity index (χ1v) is 5.55. The first-order valence-electron chi connectivity index (χ1n) is 4.38. The van der Waals surface area contributed by atoms with Gasteiger partial charge in [0.1, 0.15) is 5.75 Å². The van der Waals surface area contributed by atoms with E-state index < -0.39 is 6.10 Å². The smallest absolute Gasteiger partial charge is 0.260 e. The molecule has 0 radical (unpaired) electrons. The Morgan fingerprint density at radius 1 is 1.60 bits per heavy atom. The van der Waals surface area contributed by atoms with Gasteiger partial charge in [-0.3, -0.25) is 4.79 Å². The van der Waals surface area contributed by atoms with Crippen molar-refractivity contribution in [3.63, 3.8) is 0 Å². The van der Waals surface area contributed by atoms with Gasteiger partial charge in [-0.05, 0) is 35.0 Å². The number of halogens is 2. The van der Waals surface area contributed by atoms with Gasteiger partial charge in [0.25, 0.3) is 5.91 Å². The zero-order valence-corrected chi connectivity index (χ0v) is 10.7. The highest BCUT2D eigenvalue weighted by Gasteiger charge is 2.14. The highest BCUT2D eigenvalue weighted by atomic mass is 79.9. The molecule has 3 nitrogen and oxygen atoms in total. The predicted octanol–water partition coefficient (Wildman–Crippen LogP) is 2.62. The lowest BCUT2D eigenvalue weighted by molar-refractivity contribution is -0.126. The van der Waals surface area contributed by atoms with Crippen LogP contribution in [0.5, 0.6) is 5.75 Å². The van der Waals surface area contributed by atoms with Crippen LogP contribution in [-0.2, 0) is 4.79 Å². The minimum Gasteiger partial charge on any atom is -0.480 e. The zero-order valence-electron chi connectivity index (χ0n) is 8.38. The Morgan fingerprint density at radius 2 is 2.27 bits per heavy atom. The number of hydrogen-bond donors (Lipinski definition) is 1. The van der Waals surface area contributed by atoms with Gasteiger partial charge in [-0.1, -0.05) is 17.7 Å². The number of hydrogen-bond acceptors (Lipinski definition) is 2. The second kappa shape index (κ2) is 5.37. The summed E-state index contributed by atoms with van der Waals surface area (Å²) < 4.78 is 6.09. The van der Waals surface area contributed by atoms with Crippen LogP contribution in [0.4, 0.5) is 0 Å². The summed E-state index contributed by atoms with van der Waals surface area (Å²) in [4.78, 5) is 11.2. The molecule has 82 valence electrons. The first-order chi connectivity index (χ1) is 7.06. The molecular weight excluding hydrogens is 281 g/mol. The molecule has 1 aromatic carbocycles. The molecule has 0 fully saturated rings. The number of benzene rings is 1. The minimum absolute atomic E-state index is 0.179. The fourth-order valence-electron chi connectivity index (χ4n) is 1.02. The average Bonchev–Trinajstić information content (AvgIpc) is 2.23. The Morgan fingerprint density at radius 3 is 2.87 bits per heavy atom. The number of likely N-dealkylation sites (N-methyl/N-ethyl adjacent to an activating group) is 1. The summed E-state index contributed by atoms with van der Waals surface area (Å²) in [6.07, 6.45) is -0.551. The van der Waals surface area contributed by atoms with Crippen molar-refractivity contribution in [3.05, 3.63) is 27.7 Å². The van der Waals surface area contributed by atoms with Crippen LogP contribution >= 0.6 is 27.5 Å². The van der Waals surface area contributed by atoms with Gasteiger partial charge in [0.05, 0.1) is 9.50 Å². The van der Waals surface area contributed by atoms with E-state index in [9.17, 15) is 4.79 Å². The van der Waals surface area contributed by atoms with Gasteiger partial charge in [-0.2, -0.15) is 0 Å². The molecule has 1 amide bonds. The van der Waals surface area contributed by atoms with Crippen molar-refractivity contribution < 1.29 is 9.53 Å². The molecule has 0 aromatic heterocycles. The Bertz CT molecular complexity index is 370. The largest absolute Gasteiger partial charge is 0.480 e. The van der Waals surface area contributed by atoms with Crippen molar-refractivity contribution in [1.29, 1.82) is 0 Å². The van der Waals surface area contributed by atoms with Gasteiger partial charge in [-0.15, -0.1) is 0 Å². The van der Waals surface area contributed by atoms with E-state index in [1.807, 2.05) is 0 Å². The summed E-state index contributed by atoms with van der Waals surface area (Å²) in [6.45, 7) is 1.67. The summed E-state index contributed by atoms with van der Waals surface area (Å²) in [5.41, 5.74) is 0. The number of rotatable bonds is 3. The molecule has 0 aliphatic heterocycles. The standard InChI is InChI=1S/C10H11BrClNO2/c1-6(10(14)13-2)15-8-5-3-4-7(12)9(8)11/h3-6H,1-2H3,(H,13,14). The van der Waals surface area contributed by atoms with Crippen molar-refractivity contribution in [2.75, 3.05) is 7.05 Å². The Hall–Kier alpha value is -0.740. The number of nitrogens with one attached hydrogen (secondary N) is 1. The lowest BCUT2D eigenvalue weighted by Gasteiger charge is -2.14. The van der Waals surface area contributed by atoms with E-state index in [4.69, 9.17) is 16.3 Å². The van der Waals surface area contributed by atoms with Crippen LogP contribution in [0, 0.1) is 0 Å². The lowest BCUT2D eigenvalue weighted by Crippen LogP contribution is -2.33. The molecule has 0 saturated carbocycles. The van der Waals surface area contributed by atoms with Crippen molar-refractivity contribution in [1.82, 2.24) is 5.32 Å². The fraction of sp³-hybridized carbons (Fsp3) is 0.300. The van der Waals surface area contributed by atoms with Crippen molar-refractivity contribution >= 4 is 33.4 Å². The summed E-state index contributed by atoms with van der Waals surface area (Å²) in [6, 6.07) is 5.25. The molecule has 0 aliphatic carbocycles. The van der Waals surface area contributed by atoms with E-state index in [1.54, 1.807) is 32.2 Å². The average molecular weight is 293 g/mol. The number of amides is 1. The molecule has 1 atom stereocenters. The molecule has 5 heteroatoms. The Labute approximate surface area is 102 Å². The summed E-state index contributed by atoms with van der Waals surface area (Å²) in [5, 5.41) is 3.06. The van der Waals surface area contributed by atoms with Crippen molar-refractivity contribution in [2.24, 2.45) is 0 Å². The van der Waals surface area contributed by atoms with Crippen molar-refractivity contribution in [3.8, 4) is 5.75 Å². The van der Waals surface area contributed by atoms with E-state index in [2.05, 4.69) is 21.2 Å². The highest BCUT2D eigenvalue weighted by molar-refractivity contribution is 9.10. The topological polar surface area (TPSA) is 38.3 Å². The van der Waals surface area contributed by atoms with Gasteiger partial charge in [0.2, 0.25) is 0 Å². The molecule has 0 bridgehead atoms. The normalized spacial score (nSPS) is 12.0. The molecule has 0 heterocycles.